The first kappa shape index (κ1) is 14.1. The van der Waals surface area contributed by atoms with Gasteiger partial charge in [0.2, 0.25) is 0 Å². The highest BCUT2D eigenvalue weighted by atomic mass is 15.2. The zero-order chi connectivity index (χ0) is 14.0. The van der Waals surface area contributed by atoms with Crippen molar-refractivity contribution in [3.05, 3.63) is 11.9 Å². The van der Waals surface area contributed by atoms with E-state index in [1.54, 1.807) is 6.33 Å². The molecule has 0 bridgehead atoms. The third kappa shape index (κ3) is 2.97. The summed E-state index contributed by atoms with van der Waals surface area (Å²) in [5, 5.41) is 0. The summed E-state index contributed by atoms with van der Waals surface area (Å²) in [5.74, 6) is 1.98. The molecule has 2 N–H and O–H groups in total. The fraction of sp³-hybridized carbons (Fsp3) is 0.714. The largest absolute Gasteiger partial charge is 0.383 e. The molecule has 1 aromatic heterocycles. The van der Waals surface area contributed by atoms with Crippen molar-refractivity contribution in [3.63, 3.8) is 0 Å². The summed E-state index contributed by atoms with van der Waals surface area (Å²) < 4.78 is 0. The van der Waals surface area contributed by atoms with E-state index >= 15 is 0 Å². The van der Waals surface area contributed by atoms with Crippen LogP contribution in [0.4, 0.5) is 11.6 Å². The van der Waals surface area contributed by atoms with Crippen LogP contribution in [0.1, 0.15) is 38.2 Å². The Bertz CT molecular complexity index is 430. The molecular formula is C14H25N5. The summed E-state index contributed by atoms with van der Waals surface area (Å²) in [4.78, 5) is 13.3. The Morgan fingerprint density at radius 1 is 1.37 bits per heavy atom. The molecule has 0 saturated carbocycles. The highest BCUT2D eigenvalue weighted by Crippen LogP contribution is 2.31. The molecule has 1 fully saturated rings. The maximum Gasteiger partial charge on any atom is 0.137 e. The molecule has 0 spiro atoms. The number of nitrogens with two attached hydrogens (primary N) is 1. The Morgan fingerprint density at radius 2 is 2.11 bits per heavy atom. The maximum atomic E-state index is 6.04. The van der Waals surface area contributed by atoms with Crippen molar-refractivity contribution in [2.75, 3.05) is 37.8 Å². The smallest absolute Gasteiger partial charge is 0.137 e. The zero-order valence-corrected chi connectivity index (χ0v) is 12.4. The van der Waals surface area contributed by atoms with Crippen molar-refractivity contribution in [1.29, 1.82) is 0 Å². The summed E-state index contributed by atoms with van der Waals surface area (Å²) in [5.41, 5.74) is 7.12. The van der Waals surface area contributed by atoms with Gasteiger partial charge in [0, 0.05) is 24.7 Å². The van der Waals surface area contributed by atoms with Gasteiger partial charge in [-0.15, -0.1) is 0 Å². The van der Waals surface area contributed by atoms with E-state index in [0.717, 1.165) is 24.5 Å². The summed E-state index contributed by atoms with van der Waals surface area (Å²) >= 11 is 0. The van der Waals surface area contributed by atoms with Crippen LogP contribution in [0.25, 0.3) is 0 Å². The molecular weight excluding hydrogens is 238 g/mol. The van der Waals surface area contributed by atoms with Crippen molar-refractivity contribution in [2.24, 2.45) is 0 Å². The van der Waals surface area contributed by atoms with Crippen LogP contribution in [-0.2, 0) is 0 Å². The molecule has 1 unspecified atom stereocenters. The standard InChI is InChI=1S/C14H25N5/c1-10(2)12-13(15)16-9-17-14(12)19-7-5-6-11(8-19)18(3)4/h9-11H,5-8H2,1-4H3,(H2,15,16,17). The number of aromatic nitrogens is 2. The highest BCUT2D eigenvalue weighted by Gasteiger charge is 2.25. The van der Waals surface area contributed by atoms with Gasteiger partial charge in [0.1, 0.15) is 18.0 Å². The summed E-state index contributed by atoms with van der Waals surface area (Å²) in [6.45, 7) is 6.36. The van der Waals surface area contributed by atoms with Crippen molar-refractivity contribution < 1.29 is 0 Å². The molecule has 2 rings (SSSR count). The van der Waals surface area contributed by atoms with Crippen molar-refractivity contribution >= 4 is 11.6 Å². The molecule has 19 heavy (non-hydrogen) atoms. The van der Waals surface area contributed by atoms with Crippen LogP contribution in [0.15, 0.2) is 6.33 Å². The normalized spacial score (nSPS) is 20.3. The third-order valence-corrected chi connectivity index (χ3v) is 3.90. The SMILES string of the molecule is CC(C)c1c(N)ncnc1N1CCCC(N(C)C)C1. The van der Waals surface area contributed by atoms with Gasteiger partial charge in [-0.25, -0.2) is 9.97 Å². The van der Waals surface area contributed by atoms with Crippen LogP contribution in [0.5, 0.6) is 0 Å². The number of piperidine rings is 1. The highest BCUT2D eigenvalue weighted by molar-refractivity contribution is 5.58. The maximum absolute atomic E-state index is 6.04. The van der Waals surface area contributed by atoms with Crippen LogP contribution in [-0.4, -0.2) is 48.1 Å². The Kier molecular flexibility index (Phi) is 4.24. The fourth-order valence-electron chi connectivity index (χ4n) is 2.77. The van der Waals surface area contributed by atoms with E-state index in [1.165, 1.54) is 12.8 Å². The first-order valence-corrected chi connectivity index (χ1v) is 7.02. The van der Waals surface area contributed by atoms with Crippen molar-refractivity contribution in [1.82, 2.24) is 14.9 Å². The molecule has 1 saturated heterocycles. The molecule has 1 aliphatic heterocycles. The topological polar surface area (TPSA) is 58.3 Å². The van der Waals surface area contributed by atoms with Gasteiger partial charge in [0.25, 0.3) is 0 Å². The lowest BCUT2D eigenvalue weighted by atomic mass is 10.0. The van der Waals surface area contributed by atoms with Gasteiger partial charge in [-0.3, -0.25) is 0 Å². The number of likely N-dealkylation sites (N-methyl/N-ethyl adjacent to an activating group) is 1. The van der Waals surface area contributed by atoms with E-state index < -0.39 is 0 Å². The number of rotatable bonds is 3. The van der Waals surface area contributed by atoms with Gasteiger partial charge >= 0.3 is 0 Å². The quantitative estimate of drug-likeness (QED) is 0.899. The molecule has 0 radical (unpaired) electrons. The summed E-state index contributed by atoms with van der Waals surface area (Å²) in [6.07, 6.45) is 4.03. The number of nitrogens with zero attached hydrogens (tertiary/aromatic N) is 4. The van der Waals surface area contributed by atoms with Crippen molar-refractivity contribution in [3.8, 4) is 0 Å². The van der Waals surface area contributed by atoms with Gasteiger partial charge in [-0.2, -0.15) is 0 Å². The minimum Gasteiger partial charge on any atom is -0.383 e. The third-order valence-electron chi connectivity index (χ3n) is 3.90. The lowest BCUT2D eigenvalue weighted by Gasteiger charge is -2.37. The Hall–Kier alpha value is -1.36. The van der Waals surface area contributed by atoms with Crippen molar-refractivity contribution in [2.45, 2.75) is 38.6 Å². The van der Waals surface area contributed by atoms with E-state index in [4.69, 9.17) is 5.73 Å². The molecule has 106 valence electrons. The number of hydrogen-bond acceptors (Lipinski definition) is 5. The lowest BCUT2D eigenvalue weighted by Crippen LogP contribution is -2.45. The molecule has 0 aromatic carbocycles. The van der Waals surface area contributed by atoms with Gasteiger partial charge in [-0.1, -0.05) is 13.8 Å². The average molecular weight is 263 g/mol. The van der Waals surface area contributed by atoms with Gasteiger partial charge in [0.05, 0.1) is 0 Å². The first-order valence-electron chi connectivity index (χ1n) is 7.02. The van der Waals surface area contributed by atoms with E-state index in [1.807, 2.05) is 0 Å². The van der Waals surface area contributed by atoms with Gasteiger partial charge < -0.3 is 15.5 Å². The Labute approximate surface area is 115 Å². The van der Waals surface area contributed by atoms with Crippen LogP contribution in [0, 0.1) is 0 Å². The van der Waals surface area contributed by atoms with Crippen LogP contribution in [0.2, 0.25) is 0 Å². The van der Waals surface area contributed by atoms with Crippen LogP contribution >= 0.6 is 0 Å². The van der Waals surface area contributed by atoms with E-state index in [2.05, 4.69) is 47.7 Å². The monoisotopic (exact) mass is 263 g/mol. The Balaban J connectivity index is 2.28. The number of hydrogen-bond donors (Lipinski definition) is 1. The molecule has 2 heterocycles. The first-order chi connectivity index (χ1) is 9.00. The fourth-order valence-corrected chi connectivity index (χ4v) is 2.77. The predicted molar refractivity (Wildman–Crippen MR) is 79.5 cm³/mol. The van der Waals surface area contributed by atoms with E-state index in [0.29, 0.717) is 17.8 Å². The minimum absolute atomic E-state index is 0.343. The number of anilines is 2. The van der Waals surface area contributed by atoms with E-state index in [-0.39, 0.29) is 0 Å². The minimum atomic E-state index is 0.343. The van der Waals surface area contributed by atoms with Gasteiger partial charge in [0.15, 0.2) is 0 Å². The second-order valence-corrected chi connectivity index (χ2v) is 5.86. The predicted octanol–water partition coefficient (Wildman–Crippen LogP) is 1.71. The zero-order valence-electron chi connectivity index (χ0n) is 12.4. The summed E-state index contributed by atoms with van der Waals surface area (Å²) in [6, 6.07) is 0.588. The molecule has 1 aromatic rings. The summed E-state index contributed by atoms with van der Waals surface area (Å²) in [7, 11) is 4.29. The van der Waals surface area contributed by atoms with Crippen LogP contribution in [0.3, 0.4) is 0 Å². The van der Waals surface area contributed by atoms with E-state index in [9.17, 15) is 0 Å². The van der Waals surface area contributed by atoms with Crippen LogP contribution < -0.4 is 10.6 Å². The molecule has 5 heteroatoms. The Morgan fingerprint density at radius 3 is 2.74 bits per heavy atom. The van der Waals surface area contributed by atoms with Gasteiger partial charge in [-0.05, 0) is 32.9 Å². The number of nitrogen functional groups attached to an aromatic ring is 1. The molecule has 5 nitrogen and oxygen atoms in total. The lowest BCUT2D eigenvalue weighted by molar-refractivity contribution is 0.257. The second kappa shape index (κ2) is 5.74. The average Bonchev–Trinajstić information content (AvgIpc) is 2.38. The molecule has 1 aliphatic rings. The molecule has 0 aliphatic carbocycles. The molecule has 1 atom stereocenters. The second-order valence-electron chi connectivity index (χ2n) is 5.86. The molecule has 0 amide bonds.